The molecule has 19 heavy (non-hydrogen) atoms. The van der Waals surface area contributed by atoms with Crippen LogP contribution < -0.4 is 0 Å². The van der Waals surface area contributed by atoms with Gasteiger partial charge in [0.05, 0.1) is 4.92 Å². The van der Waals surface area contributed by atoms with E-state index in [2.05, 4.69) is 15.9 Å². The third-order valence-corrected chi connectivity index (χ3v) is 3.40. The molecule has 0 spiro atoms. The van der Waals surface area contributed by atoms with Gasteiger partial charge in [0, 0.05) is 23.6 Å². The molecule has 1 heterocycles. The van der Waals surface area contributed by atoms with E-state index in [4.69, 9.17) is 4.84 Å². The van der Waals surface area contributed by atoms with Crippen LogP contribution in [-0.2, 0) is 4.84 Å². The molecular weight excluding hydrogens is 316 g/mol. The zero-order chi connectivity index (χ0) is 13.8. The van der Waals surface area contributed by atoms with Crippen LogP contribution in [0.2, 0.25) is 0 Å². The number of hydroxylamine groups is 2. The first-order chi connectivity index (χ1) is 9.08. The molecule has 2 rings (SSSR count). The van der Waals surface area contributed by atoms with Gasteiger partial charge in [-0.05, 0) is 25.0 Å². The molecule has 0 N–H and O–H groups in total. The van der Waals surface area contributed by atoms with E-state index in [9.17, 15) is 14.9 Å². The number of piperidine rings is 1. The molecule has 0 saturated carbocycles. The number of carbonyl (C=O) groups is 1. The Bertz CT molecular complexity index is 501. The Morgan fingerprint density at radius 3 is 2.63 bits per heavy atom. The van der Waals surface area contributed by atoms with Crippen molar-refractivity contribution in [1.82, 2.24) is 5.06 Å². The van der Waals surface area contributed by atoms with E-state index in [1.165, 1.54) is 12.1 Å². The lowest BCUT2D eigenvalue weighted by atomic mass is 10.2. The average Bonchev–Trinajstić information content (AvgIpc) is 2.39. The monoisotopic (exact) mass is 328 g/mol. The highest BCUT2D eigenvalue weighted by Gasteiger charge is 2.24. The van der Waals surface area contributed by atoms with Gasteiger partial charge in [-0.3, -0.25) is 10.1 Å². The molecule has 6 nitrogen and oxygen atoms in total. The smallest absolute Gasteiger partial charge is 0.364 e. The SMILES string of the molecule is O=C(ON1CCCCC1)c1ccc(Br)cc1[N+](=O)[O-]. The molecule has 102 valence electrons. The fourth-order valence-electron chi connectivity index (χ4n) is 1.95. The summed E-state index contributed by atoms with van der Waals surface area (Å²) in [4.78, 5) is 27.5. The van der Waals surface area contributed by atoms with Crippen molar-refractivity contribution < 1.29 is 14.6 Å². The zero-order valence-corrected chi connectivity index (χ0v) is 11.8. The highest BCUT2D eigenvalue weighted by Crippen LogP contribution is 2.24. The van der Waals surface area contributed by atoms with Crippen molar-refractivity contribution in [2.75, 3.05) is 13.1 Å². The molecule has 1 fully saturated rings. The van der Waals surface area contributed by atoms with Gasteiger partial charge in [0.1, 0.15) is 5.56 Å². The van der Waals surface area contributed by atoms with Crippen LogP contribution in [0.15, 0.2) is 22.7 Å². The molecule has 0 amide bonds. The molecular formula is C12H13BrN2O4. The minimum Gasteiger partial charge on any atom is -0.364 e. The predicted octanol–water partition coefficient (Wildman–Crippen LogP) is 2.92. The minimum absolute atomic E-state index is 0.0289. The van der Waals surface area contributed by atoms with Crippen molar-refractivity contribution in [3.8, 4) is 0 Å². The summed E-state index contributed by atoms with van der Waals surface area (Å²) in [6.07, 6.45) is 3.05. The first kappa shape index (κ1) is 14.0. The standard InChI is InChI=1S/C12H13BrN2O4/c13-9-4-5-10(11(8-9)15(17)18)12(16)19-14-6-2-1-3-7-14/h4-5,8H,1-3,6-7H2. The fourth-order valence-corrected chi connectivity index (χ4v) is 2.30. The highest BCUT2D eigenvalue weighted by atomic mass is 79.9. The van der Waals surface area contributed by atoms with Crippen molar-refractivity contribution >= 4 is 27.6 Å². The van der Waals surface area contributed by atoms with Crippen LogP contribution in [-0.4, -0.2) is 29.0 Å². The number of rotatable bonds is 3. The number of hydrogen-bond donors (Lipinski definition) is 0. The summed E-state index contributed by atoms with van der Waals surface area (Å²) >= 11 is 3.15. The number of nitro benzene ring substituents is 1. The number of carbonyl (C=O) groups excluding carboxylic acids is 1. The molecule has 1 aliphatic rings. The Kier molecular flexibility index (Phi) is 4.49. The Labute approximate surface area is 118 Å². The molecule has 0 unspecified atom stereocenters. The van der Waals surface area contributed by atoms with Crippen molar-refractivity contribution in [1.29, 1.82) is 0 Å². The lowest BCUT2D eigenvalue weighted by molar-refractivity contribution is -0.385. The Morgan fingerprint density at radius 2 is 2.00 bits per heavy atom. The van der Waals surface area contributed by atoms with E-state index in [-0.39, 0.29) is 11.3 Å². The summed E-state index contributed by atoms with van der Waals surface area (Å²) < 4.78 is 0.550. The van der Waals surface area contributed by atoms with Gasteiger partial charge in [0.15, 0.2) is 0 Å². The summed E-state index contributed by atoms with van der Waals surface area (Å²) in [5.41, 5.74) is -0.282. The zero-order valence-electron chi connectivity index (χ0n) is 10.2. The van der Waals surface area contributed by atoms with E-state index in [0.717, 1.165) is 19.3 Å². The quantitative estimate of drug-likeness (QED) is 0.630. The molecule has 0 bridgehead atoms. The maximum Gasteiger partial charge on any atom is 0.364 e. The summed E-state index contributed by atoms with van der Waals surface area (Å²) in [5, 5.41) is 12.5. The van der Waals surface area contributed by atoms with Gasteiger partial charge in [-0.25, -0.2) is 4.79 Å². The number of halogens is 1. The highest BCUT2D eigenvalue weighted by molar-refractivity contribution is 9.10. The van der Waals surface area contributed by atoms with Crippen molar-refractivity contribution in [3.63, 3.8) is 0 Å². The second-order valence-corrected chi connectivity index (χ2v) is 5.20. The van der Waals surface area contributed by atoms with Crippen LogP contribution in [0.3, 0.4) is 0 Å². The van der Waals surface area contributed by atoms with E-state index in [1.54, 1.807) is 11.1 Å². The average molecular weight is 329 g/mol. The van der Waals surface area contributed by atoms with Gasteiger partial charge < -0.3 is 4.84 Å². The number of benzene rings is 1. The van der Waals surface area contributed by atoms with E-state index >= 15 is 0 Å². The first-order valence-electron chi connectivity index (χ1n) is 5.99. The number of nitrogens with zero attached hydrogens (tertiary/aromatic N) is 2. The van der Waals surface area contributed by atoms with Crippen molar-refractivity contribution in [2.24, 2.45) is 0 Å². The molecule has 7 heteroatoms. The van der Waals surface area contributed by atoms with E-state index < -0.39 is 10.9 Å². The van der Waals surface area contributed by atoms with Gasteiger partial charge in [0.25, 0.3) is 5.69 Å². The first-order valence-corrected chi connectivity index (χ1v) is 6.78. The Hall–Kier alpha value is -1.47. The maximum absolute atomic E-state index is 12.0. The largest absolute Gasteiger partial charge is 0.364 e. The predicted molar refractivity (Wildman–Crippen MR) is 71.6 cm³/mol. The van der Waals surface area contributed by atoms with E-state index in [1.807, 2.05) is 0 Å². The lowest BCUT2D eigenvalue weighted by Gasteiger charge is -2.24. The summed E-state index contributed by atoms with van der Waals surface area (Å²) in [7, 11) is 0. The van der Waals surface area contributed by atoms with E-state index in [0.29, 0.717) is 17.6 Å². The lowest BCUT2D eigenvalue weighted by Crippen LogP contribution is -2.32. The van der Waals surface area contributed by atoms with Crippen LogP contribution in [0, 0.1) is 10.1 Å². The third kappa shape index (κ3) is 3.51. The van der Waals surface area contributed by atoms with Crippen molar-refractivity contribution in [2.45, 2.75) is 19.3 Å². The summed E-state index contributed by atoms with van der Waals surface area (Å²) in [6.45, 7) is 1.35. The molecule has 1 aromatic carbocycles. The summed E-state index contributed by atoms with van der Waals surface area (Å²) in [5.74, 6) is -0.680. The molecule has 0 aromatic heterocycles. The second kappa shape index (κ2) is 6.12. The van der Waals surface area contributed by atoms with Gasteiger partial charge >= 0.3 is 5.97 Å². The molecule has 0 aliphatic carbocycles. The van der Waals surface area contributed by atoms with Crippen LogP contribution in [0.5, 0.6) is 0 Å². The molecule has 1 saturated heterocycles. The topological polar surface area (TPSA) is 72.7 Å². The second-order valence-electron chi connectivity index (χ2n) is 4.29. The molecule has 0 atom stereocenters. The van der Waals surface area contributed by atoms with Crippen LogP contribution >= 0.6 is 15.9 Å². The van der Waals surface area contributed by atoms with Crippen LogP contribution in [0.25, 0.3) is 0 Å². The molecule has 1 aliphatic heterocycles. The normalized spacial score (nSPS) is 16.1. The van der Waals surface area contributed by atoms with Crippen LogP contribution in [0.1, 0.15) is 29.6 Å². The number of hydrogen-bond acceptors (Lipinski definition) is 5. The summed E-state index contributed by atoms with van der Waals surface area (Å²) in [6, 6.07) is 4.28. The number of nitro groups is 1. The van der Waals surface area contributed by atoms with Gasteiger partial charge in [0.2, 0.25) is 0 Å². The van der Waals surface area contributed by atoms with Crippen LogP contribution in [0.4, 0.5) is 5.69 Å². The maximum atomic E-state index is 12.0. The minimum atomic E-state index is -0.680. The fraction of sp³-hybridized carbons (Fsp3) is 0.417. The van der Waals surface area contributed by atoms with Gasteiger partial charge in [-0.15, -0.1) is 5.06 Å². The third-order valence-electron chi connectivity index (χ3n) is 2.90. The molecule has 0 radical (unpaired) electrons. The Morgan fingerprint density at radius 1 is 1.32 bits per heavy atom. The Balaban J connectivity index is 2.16. The van der Waals surface area contributed by atoms with Gasteiger partial charge in [-0.1, -0.05) is 22.4 Å². The van der Waals surface area contributed by atoms with Crippen molar-refractivity contribution in [3.05, 3.63) is 38.3 Å². The molecule has 1 aromatic rings. The van der Waals surface area contributed by atoms with Gasteiger partial charge in [-0.2, -0.15) is 0 Å².